The maximum atomic E-state index is 12.6. The molecular weight excluding hydrogens is 387 g/mol. The number of thioether (sulfide) groups is 1. The van der Waals surface area contributed by atoms with E-state index in [4.69, 9.17) is 11.6 Å². The van der Waals surface area contributed by atoms with Crippen LogP contribution in [0.2, 0.25) is 5.02 Å². The zero-order chi connectivity index (χ0) is 18.9. The Balaban J connectivity index is 1.65. The van der Waals surface area contributed by atoms with Gasteiger partial charge in [-0.2, -0.15) is 13.2 Å². The third-order valence-corrected chi connectivity index (χ3v) is 4.78. The molecule has 26 heavy (non-hydrogen) atoms. The van der Waals surface area contributed by atoms with Crippen LogP contribution in [0.4, 0.5) is 18.9 Å². The van der Waals surface area contributed by atoms with Gasteiger partial charge in [-0.15, -0.1) is 0 Å². The van der Waals surface area contributed by atoms with E-state index in [9.17, 15) is 18.0 Å². The molecule has 0 bridgehead atoms. The fraction of sp³-hybridized carbons (Fsp3) is 0.176. The number of H-pyrrole nitrogens is 1. The van der Waals surface area contributed by atoms with Crippen LogP contribution in [0, 0.1) is 0 Å². The second kappa shape index (κ2) is 7.20. The average Bonchev–Trinajstić information content (AvgIpc) is 2.95. The number of nitrogens with zero attached hydrogens (tertiary/aromatic N) is 1. The van der Waals surface area contributed by atoms with E-state index >= 15 is 0 Å². The predicted octanol–water partition coefficient (Wildman–Crippen LogP) is 5.35. The lowest BCUT2D eigenvalue weighted by molar-refractivity contribution is -0.137. The van der Waals surface area contributed by atoms with Gasteiger partial charge in [-0.1, -0.05) is 23.4 Å². The molecule has 1 heterocycles. The molecule has 1 amide bonds. The molecule has 0 unspecified atom stereocenters. The summed E-state index contributed by atoms with van der Waals surface area (Å²) in [5.41, 5.74) is 1.02. The number of amides is 1. The van der Waals surface area contributed by atoms with Crippen LogP contribution in [0.3, 0.4) is 0 Å². The number of halogens is 4. The topological polar surface area (TPSA) is 57.8 Å². The Morgan fingerprint density at radius 1 is 1.23 bits per heavy atom. The van der Waals surface area contributed by atoms with Gasteiger partial charge in [0.05, 0.1) is 21.8 Å². The summed E-state index contributed by atoms with van der Waals surface area (Å²) in [5.74, 6) is -0.340. The molecular formula is C17H13ClF3N3OS. The Morgan fingerprint density at radius 2 is 1.92 bits per heavy atom. The van der Waals surface area contributed by atoms with Crippen LogP contribution in [0.1, 0.15) is 12.5 Å². The van der Waals surface area contributed by atoms with Crippen molar-refractivity contribution >= 4 is 46.0 Å². The number of anilines is 1. The molecule has 4 nitrogen and oxygen atoms in total. The van der Waals surface area contributed by atoms with Gasteiger partial charge in [0.15, 0.2) is 5.16 Å². The van der Waals surface area contributed by atoms with E-state index in [0.29, 0.717) is 15.9 Å². The van der Waals surface area contributed by atoms with E-state index in [2.05, 4.69) is 15.3 Å². The van der Waals surface area contributed by atoms with Crippen LogP contribution in [0.15, 0.2) is 47.6 Å². The summed E-state index contributed by atoms with van der Waals surface area (Å²) < 4.78 is 37.7. The van der Waals surface area contributed by atoms with Crippen molar-refractivity contribution in [1.29, 1.82) is 0 Å². The number of carbonyl (C=O) groups excluding carboxylic acids is 1. The number of benzene rings is 2. The number of alkyl halides is 3. The largest absolute Gasteiger partial charge is 0.416 e. The van der Waals surface area contributed by atoms with Crippen molar-refractivity contribution in [1.82, 2.24) is 9.97 Å². The lowest BCUT2D eigenvalue weighted by Gasteiger charge is -2.12. The van der Waals surface area contributed by atoms with Crippen molar-refractivity contribution in [3.05, 3.63) is 53.1 Å². The molecule has 0 radical (unpaired) electrons. The van der Waals surface area contributed by atoms with Gasteiger partial charge < -0.3 is 10.3 Å². The van der Waals surface area contributed by atoms with Crippen LogP contribution < -0.4 is 5.32 Å². The van der Waals surface area contributed by atoms with Gasteiger partial charge in [-0.3, -0.25) is 4.79 Å². The van der Waals surface area contributed by atoms with Crippen molar-refractivity contribution < 1.29 is 18.0 Å². The fourth-order valence-corrected chi connectivity index (χ4v) is 3.21. The van der Waals surface area contributed by atoms with Crippen LogP contribution >= 0.6 is 23.4 Å². The number of rotatable bonds is 4. The van der Waals surface area contributed by atoms with E-state index in [1.54, 1.807) is 25.1 Å². The summed E-state index contributed by atoms with van der Waals surface area (Å²) in [4.78, 5) is 19.7. The highest BCUT2D eigenvalue weighted by Gasteiger charge is 2.30. The summed E-state index contributed by atoms with van der Waals surface area (Å²) in [6.07, 6.45) is -4.41. The van der Waals surface area contributed by atoms with Crippen LogP contribution in [0.5, 0.6) is 0 Å². The number of nitrogens with one attached hydrogen (secondary N) is 2. The molecule has 2 N–H and O–H groups in total. The quantitative estimate of drug-likeness (QED) is 0.581. The first-order valence-electron chi connectivity index (χ1n) is 7.52. The summed E-state index contributed by atoms with van der Waals surface area (Å²) >= 11 is 7.13. The number of aromatic amines is 1. The molecule has 0 saturated carbocycles. The summed E-state index contributed by atoms with van der Waals surface area (Å²) in [6.45, 7) is 1.68. The lowest BCUT2D eigenvalue weighted by Crippen LogP contribution is -2.22. The van der Waals surface area contributed by atoms with Crippen LogP contribution in [0.25, 0.3) is 11.0 Å². The Hall–Kier alpha value is -2.19. The minimum atomic E-state index is -4.41. The van der Waals surface area contributed by atoms with Crippen LogP contribution in [-0.2, 0) is 11.0 Å². The summed E-state index contributed by atoms with van der Waals surface area (Å²) in [6, 6.07) is 9.53. The van der Waals surface area contributed by atoms with Gasteiger partial charge in [0, 0.05) is 10.7 Å². The van der Waals surface area contributed by atoms with Gasteiger partial charge in [-0.05, 0) is 49.4 Å². The van der Waals surface area contributed by atoms with Crippen molar-refractivity contribution in [3.63, 3.8) is 0 Å². The number of carbonyl (C=O) groups is 1. The lowest BCUT2D eigenvalue weighted by atomic mass is 10.2. The van der Waals surface area contributed by atoms with Gasteiger partial charge in [0.1, 0.15) is 0 Å². The molecule has 0 aliphatic rings. The van der Waals surface area contributed by atoms with Crippen LogP contribution in [-0.4, -0.2) is 21.1 Å². The second-order valence-corrected chi connectivity index (χ2v) is 7.29. The number of fused-ring (bicyclic) bond motifs is 1. The molecule has 9 heteroatoms. The molecule has 136 valence electrons. The number of hydrogen-bond acceptors (Lipinski definition) is 3. The minimum absolute atomic E-state index is 0.298. The van der Waals surface area contributed by atoms with E-state index in [1.807, 2.05) is 0 Å². The highest BCUT2D eigenvalue weighted by Crippen LogP contribution is 2.30. The van der Waals surface area contributed by atoms with E-state index in [-0.39, 0.29) is 5.91 Å². The van der Waals surface area contributed by atoms with Gasteiger partial charge in [0.25, 0.3) is 0 Å². The highest BCUT2D eigenvalue weighted by atomic mass is 35.5. The van der Waals surface area contributed by atoms with Gasteiger partial charge in [-0.25, -0.2) is 4.98 Å². The molecule has 0 aliphatic heterocycles. The molecule has 1 atom stereocenters. The maximum absolute atomic E-state index is 12.6. The van der Waals surface area contributed by atoms with Crippen molar-refractivity contribution in [3.8, 4) is 0 Å². The molecule has 3 rings (SSSR count). The van der Waals surface area contributed by atoms with Crippen molar-refractivity contribution in [2.24, 2.45) is 0 Å². The fourth-order valence-electron chi connectivity index (χ4n) is 2.22. The van der Waals surface area contributed by atoms with Gasteiger partial charge in [0.2, 0.25) is 5.91 Å². The zero-order valence-corrected chi connectivity index (χ0v) is 15.0. The van der Waals surface area contributed by atoms with E-state index < -0.39 is 17.0 Å². The van der Waals surface area contributed by atoms with E-state index in [0.717, 1.165) is 23.2 Å². The first-order chi connectivity index (χ1) is 12.2. The number of hydrogen-bond donors (Lipinski definition) is 2. The smallest absolute Gasteiger partial charge is 0.333 e. The summed E-state index contributed by atoms with van der Waals surface area (Å²) in [5, 5.41) is 3.22. The Morgan fingerprint density at radius 3 is 2.58 bits per heavy atom. The SMILES string of the molecule is C[C@@H](Sc1nc2ccc(Cl)cc2[nH]1)C(=O)Nc1ccc(C(F)(F)F)cc1. The highest BCUT2D eigenvalue weighted by molar-refractivity contribution is 8.00. The average molecular weight is 400 g/mol. The van der Waals surface area contributed by atoms with E-state index in [1.165, 1.54) is 23.9 Å². The third-order valence-electron chi connectivity index (χ3n) is 3.56. The molecule has 3 aromatic rings. The van der Waals surface area contributed by atoms with Gasteiger partial charge >= 0.3 is 6.18 Å². The monoisotopic (exact) mass is 399 g/mol. The Labute approximate surface area is 156 Å². The van der Waals surface area contributed by atoms with Crippen molar-refractivity contribution in [2.45, 2.75) is 23.5 Å². The molecule has 0 saturated heterocycles. The first-order valence-corrected chi connectivity index (χ1v) is 8.78. The Kier molecular flexibility index (Phi) is 5.15. The third kappa shape index (κ3) is 4.31. The molecule has 0 aliphatic carbocycles. The summed E-state index contributed by atoms with van der Waals surface area (Å²) in [7, 11) is 0. The van der Waals surface area contributed by atoms with Crippen molar-refractivity contribution in [2.75, 3.05) is 5.32 Å². The predicted molar refractivity (Wildman–Crippen MR) is 96.5 cm³/mol. The number of aromatic nitrogens is 2. The molecule has 0 fully saturated rings. The standard InChI is InChI=1S/C17H13ClF3N3OS/c1-9(26-16-23-13-7-4-11(18)8-14(13)24-16)15(25)22-12-5-2-10(3-6-12)17(19,20)21/h2-9H,1H3,(H,22,25)(H,23,24)/t9-/m1/s1. The number of imidazole rings is 1. The maximum Gasteiger partial charge on any atom is 0.416 e. The Bertz CT molecular complexity index is 941. The zero-order valence-electron chi connectivity index (χ0n) is 13.4. The first kappa shape index (κ1) is 18.6. The molecule has 1 aromatic heterocycles. The normalized spacial score (nSPS) is 13.0. The second-order valence-electron chi connectivity index (χ2n) is 5.53. The minimum Gasteiger partial charge on any atom is -0.333 e. The molecule has 2 aromatic carbocycles. The molecule has 0 spiro atoms.